The van der Waals surface area contributed by atoms with Crippen LogP contribution in [0.3, 0.4) is 0 Å². The second kappa shape index (κ2) is 10.5. The molecule has 0 aromatic rings. The summed E-state index contributed by atoms with van der Waals surface area (Å²) in [5.74, 6) is -1.36. The molecule has 0 radical (unpaired) electrons. The Labute approximate surface area is 192 Å². The second-order valence-corrected chi connectivity index (χ2v) is 10.8. The van der Waals surface area contributed by atoms with Crippen LogP contribution in [0.15, 0.2) is 0 Å². The Morgan fingerprint density at radius 2 is 1.62 bits per heavy atom. The Balaban J connectivity index is 3.16. The summed E-state index contributed by atoms with van der Waals surface area (Å²) in [5.41, 5.74) is -1.34. The number of amides is 3. The second-order valence-electron chi connectivity index (χ2n) is 10.8. The topological polar surface area (TPSA) is 105 Å². The summed E-state index contributed by atoms with van der Waals surface area (Å²) in [4.78, 5) is 54.4. The molecule has 3 atom stereocenters. The summed E-state index contributed by atoms with van der Waals surface area (Å²) in [5, 5.41) is 2.68. The van der Waals surface area contributed by atoms with Crippen molar-refractivity contribution in [1.29, 1.82) is 0 Å². The molecule has 1 rings (SSSR count). The number of ether oxygens (including phenoxy) is 2. The molecule has 0 saturated carbocycles. The average molecular weight is 456 g/mol. The summed E-state index contributed by atoms with van der Waals surface area (Å²) < 4.78 is 10.2. The van der Waals surface area contributed by atoms with E-state index in [0.717, 1.165) is 0 Å². The molecule has 0 spiro atoms. The molecule has 32 heavy (non-hydrogen) atoms. The SMILES string of the molecule is COC(=O)C1CCCN1C(=O)C(C(C)C)N(C)C(=O)C(NC(=O)OC(C)(C)C)C(C)(C)C. The summed E-state index contributed by atoms with van der Waals surface area (Å²) in [6.07, 6.45) is 0.529. The fraction of sp³-hybridized carbons (Fsp3) is 0.826. The first-order chi connectivity index (χ1) is 14.5. The quantitative estimate of drug-likeness (QED) is 0.617. The van der Waals surface area contributed by atoms with Crippen molar-refractivity contribution in [2.24, 2.45) is 11.3 Å². The van der Waals surface area contributed by atoms with Crippen LogP contribution in [0.25, 0.3) is 0 Å². The molecule has 3 amide bonds. The first-order valence-corrected chi connectivity index (χ1v) is 11.2. The van der Waals surface area contributed by atoms with Gasteiger partial charge in [-0.05, 0) is 44.9 Å². The minimum atomic E-state index is -0.911. The smallest absolute Gasteiger partial charge is 0.408 e. The van der Waals surface area contributed by atoms with E-state index < -0.39 is 47.1 Å². The minimum absolute atomic E-state index is 0.211. The normalized spacial score (nSPS) is 18.7. The van der Waals surface area contributed by atoms with Crippen LogP contribution in [0, 0.1) is 11.3 Å². The lowest BCUT2D eigenvalue weighted by atomic mass is 9.85. The molecule has 0 aliphatic carbocycles. The number of likely N-dealkylation sites (tertiary alicyclic amines) is 1. The molecule has 9 nitrogen and oxygen atoms in total. The molecule has 1 heterocycles. The first kappa shape index (κ1) is 27.7. The van der Waals surface area contributed by atoms with E-state index in [1.165, 1.54) is 16.9 Å². The summed E-state index contributed by atoms with van der Waals surface area (Å²) in [6.45, 7) is 14.9. The fourth-order valence-electron chi connectivity index (χ4n) is 3.89. The van der Waals surface area contributed by atoms with Gasteiger partial charge in [0.2, 0.25) is 11.8 Å². The number of nitrogens with zero attached hydrogens (tertiary/aromatic N) is 2. The van der Waals surface area contributed by atoms with E-state index in [1.54, 1.807) is 27.8 Å². The van der Waals surface area contributed by atoms with Gasteiger partial charge in [-0.15, -0.1) is 0 Å². The van der Waals surface area contributed by atoms with Crippen molar-refractivity contribution in [1.82, 2.24) is 15.1 Å². The Bertz CT molecular complexity index is 708. The van der Waals surface area contributed by atoms with E-state index in [4.69, 9.17) is 9.47 Å². The van der Waals surface area contributed by atoms with Gasteiger partial charge in [0.15, 0.2) is 0 Å². The Hall–Kier alpha value is -2.32. The largest absolute Gasteiger partial charge is 0.467 e. The highest BCUT2D eigenvalue weighted by Crippen LogP contribution is 2.26. The molecule has 3 unspecified atom stereocenters. The average Bonchev–Trinajstić information content (AvgIpc) is 3.12. The van der Waals surface area contributed by atoms with E-state index in [9.17, 15) is 19.2 Å². The maximum absolute atomic E-state index is 13.5. The van der Waals surface area contributed by atoms with Gasteiger partial charge in [0, 0.05) is 13.6 Å². The van der Waals surface area contributed by atoms with Gasteiger partial charge in [0.05, 0.1) is 7.11 Å². The highest BCUT2D eigenvalue weighted by atomic mass is 16.6. The van der Waals surface area contributed by atoms with Crippen LogP contribution in [0.2, 0.25) is 0 Å². The summed E-state index contributed by atoms with van der Waals surface area (Å²) in [6, 6.07) is -2.35. The standard InChI is InChI=1S/C23H41N3O6/c1-14(2)16(18(27)26-13-11-12-15(26)20(29)31-10)25(9)19(28)17(22(3,4)5)24-21(30)32-23(6,7)8/h14-17H,11-13H2,1-10H3,(H,24,30). The van der Waals surface area contributed by atoms with Crippen LogP contribution in [-0.2, 0) is 23.9 Å². The maximum atomic E-state index is 13.5. The molecule has 1 aliphatic heterocycles. The number of hydrogen-bond donors (Lipinski definition) is 1. The van der Waals surface area contributed by atoms with E-state index in [2.05, 4.69) is 5.32 Å². The van der Waals surface area contributed by atoms with Gasteiger partial charge < -0.3 is 24.6 Å². The Kier molecular flexibility index (Phi) is 9.12. The zero-order valence-corrected chi connectivity index (χ0v) is 21.3. The molecule has 184 valence electrons. The molecule has 0 bridgehead atoms. The molecule has 0 aromatic heterocycles. The Morgan fingerprint density at radius 1 is 1.06 bits per heavy atom. The predicted molar refractivity (Wildman–Crippen MR) is 121 cm³/mol. The van der Waals surface area contributed by atoms with E-state index >= 15 is 0 Å². The van der Waals surface area contributed by atoms with Crippen LogP contribution in [0.1, 0.15) is 68.2 Å². The van der Waals surface area contributed by atoms with Gasteiger partial charge in [-0.2, -0.15) is 0 Å². The zero-order valence-electron chi connectivity index (χ0n) is 21.3. The summed E-state index contributed by atoms with van der Waals surface area (Å²) >= 11 is 0. The number of hydrogen-bond acceptors (Lipinski definition) is 6. The lowest BCUT2D eigenvalue weighted by Gasteiger charge is -2.39. The van der Waals surface area contributed by atoms with E-state index in [1.807, 2.05) is 34.6 Å². The van der Waals surface area contributed by atoms with Crippen LogP contribution in [-0.4, -0.2) is 78.1 Å². The Morgan fingerprint density at radius 3 is 2.06 bits per heavy atom. The van der Waals surface area contributed by atoms with Gasteiger partial charge in [0.25, 0.3) is 0 Å². The lowest BCUT2D eigenvalue weighted by Crippen LogP contribution is -2.60. The number of rotatable bonds is 6. The predicted octanol–water partition coefficient (Wildman–Crippen LogP) is 2.57. The zero-order chi connectivity index (χ0) is 25.0. The van der Waals surface area contributed by atoms with Gasteiger partial charge in [-0.1, -0.05) is 34.6 Å². The molecule has 1 saturated heterocycles. The minimum Gasteiger partial charge on any atom is -0.467 e. The van der Waals surface area contributed by atoms with Crippen molar-refractivity contribution in [2.75, 3.05) is 20.7 Å². The van der Waals surface area contributed by atoms with Gasteiger partial charge >= 0.3 is 12.1 Å². The van der Waals surface area contributed by atoms with Crippen molar-refractivity contribution in [3.8, 4) is 0 Å². The number of methoxy groups -OCH3 is 1. The van der Waals surface area contributed by atoms with E-state index in [0.29, 0.717) is 19.4 Å². The molecule has 1 aliphatic rings. The molecular weight excluding hydrogens is 414 g/mol. The van der Waals surface area contributed by atoms with Crippen molar-refractivity contribution >= 4 is 23.9 Å². The van der Waals surface area contributed by atoms with E-state index in [-0.39, 0.29) is 11.8 Å². The first-order valence-electron chi connectivity index (χ1n) is 11.2. The monoisotopic (exact) mass is 455 g/mol. The van der Waals surface area contributed by atoms with Crippen molar-refractivity contribution in [3.05, 3.63) is 0 Å². The number of carbonyl (C=O) groups excluding carboxylic acids is 4. The van der Waals surface area contributed by atoms with Gasteiger partial charge in [-0.25, -0.2) is 9.59 Å². The molecule has 0 aromatic carbocycles. The third-order valence-electron chi connectivity index (χ3n) is 5.43. The molecule has 1 fully saturated rings. The number of esters is 1. The van der Waals surface area contributed by atoms with Crippen molar-refractivity contribution in [3.63, 3.8) is 0 Å². The van der Waals surface area contributed by atoms with Crippen LogP contribution in [0.5, 0.6) is 0 Å². The highest BCUT2D eigenvalue weighted by molar-refractivity contribution is 5.93. The molecular formula is C23H41N3O6. The third kappa shape index (κ3) is 7.10. The van der Waals surface area contributed by atoms with Gasteiger partial charge in [-0.3, -0.25) is 9.59 Å². The fourth-order valence-corrected chi connectivity index (χ4v) is 3.89. The highest BCUT2D eigenvalue weighted by Gasteiger charge is 2.44. The van der Waals surface area contributed by atoms with Gasteiger partial charge in [0.1, 0.15) is 23.7 Å². The summed E-state index contributed by atoms with van der Waals surface area (Å²) in [7, 11) is 2.86. The lowest BCUT2D eigenvalue weighted by molar-refractivity contribution is -0.155. The number of nitrogens with one attached hydrogen (secondary N) is 1. The van der Waals surface area contributed by atoms with Crippen molar-refractivity contribution < 1.29 is 28.7 Å². The number of likely N-dealkylation sites (N-methyl/N-ethyl adjacent to an activating group) is 1. The van der Waals surface area contributed by atoms with Crippen molar-refractivity contribution in [2.45, 2.75) is 92.0 Å². The number of carbonyl (C=O) groups is 4. The maximum Gasteiger partial charge on any atom is 0.408 e. The number of alkyl carbamates (subject to hydrolysis) is 1. The third-order valence-corrected chi connectivity index (χ3v) is 5.43. The van der Waals surface area contributed by atoms with Crippen LogP contribution >= 0.6 is 0 Å². The molecule has 1 N–H and O–H groups in total. The molecule has 9 heteroatoms. The van der Waals surface area contributed by atoms with Crippen LogP contribution < -0.4 is 5.32 Å². The van der Waals surface area contributed by atoms with Crippen LogP contribution in [0.4, 0.5) is 4.79 Å².